The van der Waals surface area contributed by atoms with Gasteiger partial charge in [0, 0.05) is 19.5 Å². The van der Waals surface area contributed by atoms with Gasteiger partial charge in [-0.2, -0.15) is 13.2 Å². The number of hydrogen-bond donors (Lipinski definition) is 4. The fourth-order valence-corrected chi connectivity index (χ4v) is 4.04. The van der Waals surface area contributed by atoms with Crippen molar-refractivity contribution < 1.29 is 46.9 Å². The minimum Gasteiger partial charge on any atom is -0.347 e. The molecule has 0 radical (unpaired) electrons. The van der Waals surface area contributed by atoms with Gasteiger partial charge in [-0.05, 0) is 35.6 Å². The average molecular weight is 643 g/mol. The molecule has 0 saturated heterocycles. The Morgan fingerprint density at radius 1 is 0.761 bits per heavy atom. The molecular formula is C32H33F3N4O7. The van der Waals surface area contributed by atoms with Gasteiger partial charge >= 0.3 is 24.1 Å². The highest BCUT2D eigenvalue weighted by Gasteiger charge is 2.43. The normalized spacial score (nSPS) is 11.5. The van der Waals surface area contributed by atoms with Crippen molar-refractivity contribution in [2.45, 2.75) is 44.9 Å². The molecule has 11 nitrogen and oxygen atoms in total. The SMILES string of the molecule is Cc1ccc(CNC(=O)NCCCC(=O)NCC(=O)NC(CC(=O)OOC(=O)C(F)(F)F)c2ccc(-c3ccccc3)cc2)cc1. The number of hydrogen-bond acceptors (Lipinski definition) is 7. The fourth-order valence-electron chi connectivity index (χ4n) is 4.04. The largest absolute Gasteiger partial charge is 0.495 e. The standard InChI is InChI=1S/C32H33F3N4O7/c1-21-9-11-22(12-10-21)19-38-31(44)36-17-5-8-27(40)37-20-28(41)39-26(18-29(42)45-46-30(43)32(33,34)35)25-15-13-24(14-16-25)23-6-3-2-4-7-23/h2-4,6-7,9-16,26H,5,8,17-20H2,1H3,(H,37,40)(H,39,41)(H2,36,38,44). The number of carbonyl (C=O) groups is 5. The molecule has 0 aliphatic heterocycles. The van der Waals surface area contributed by atoms with Gasteiger partial charge in [-0.15, -0.1) is 0 Å². The van der Waals surface area contributed by atoms with Crippen LogP contribution in [0, 0.1) is 6.92 Å². The zero-order valence-corrected chi connectivity index (χ0v) is 24.8. The summed E-state index contributed by atoms with van der Waals surface area (Å²) < 4.78 is 37.1. The molecule has 3 rings (SSSR count). The van der Waals surface area contributed by atoms with Crippen LogP contribution in [0.4, 0.5) is 18.0 Å². The Bertz CT molecular complexity index is 1480. The summed E-state index contributed by atoms with van der Waals surface area (Å²) in [7, 11) is 0. The number of benzene rings is 3. The van der Waals surface area contributed by atoms with Crippen molar-refractivity contribution in [1.82, 2.24) is 21.3 Å². The van der Waals surface area contributed by atoms with Crippen molar-refractivity contribution >= 4 is 29.8 Å². The van der Waals surface area contributed by atoms with Crippen molar-refractivity contribution in [3.63, 3.8) is 0 Å². The number of urea groups is 1. The van der Waals surface area contributed by atoms with E-state index < -0.39 is 55.0 Å². The van der Waals surface area contributed by atoms with Gasteiger partial charge in [0.1, 0.15) is 0 Å². The van der Waals surface area contributed by atoms with Crippen LogP contribution in [0.1, 0.15) is 42.0 Å². The van der Waals surface area contributed by atoms with Crippen LogP contribution in [-0.2, 0) is 35.5 Å². The van der Waals surface area contributed by atoms with Gasteiger partial charge in [0.2, 0.25) is 11.8 Å². The van der Waals surface area contributed by atoms with E-state index in [1.54, 1.807) is 24.3 Å². The second kappa shape index (κ2) is 17.2. The molecule has 46 heavy (non-hydrogen) atoms. The third kappa shape index (κ3) is 12.3. The molecule has 0 aliphatic rings. The lowest BCUT2D eigenvalue weighted by Gasteiger charge is -2.19. The molecule has 1 atom stereocenters. The van der Waals surface area contributed by atoms with Crippen LogP contribution in [-0.4, -0.2) is 49.0 Å². The number of alkyl halides is 3. The summed E-state index contributed by atoms with van der Waals surface area (Å²) >= 11 is 0. The molecule has 4 N–H and O–H groups in total. The molecule has 0 fully saturated rings. The summed E-state index contributed by atoms with van der Waals surface area (Å²) in [6.07, 6.45) is -5.76. The predicted octanol–water partition coefficient (Wildman–Crippen LogP) is 4.17. The summed E-state index contributed by atoms with van der Waals surface area (Å²) in [4.78, 5) is 67.5. The van der Waals surface area contributed by atoms with E-state index >= 15 is 0 Å². The van der Waals surface area contributed by atoms with E-state index in [4.69, 9.17) is 0 Å². The topological polar surface area (TPSA) is 152 Å². The Morgan fingerprint density at radius 3 is 2.07 bits per heavy atom. The molecule has 0 spiro atoms. The van der Waals surface area contributed by atoms with Gasteiger partial charge in [-0.25, -0.2) is 24.2 Å². The average Bonchev–Trinajstić information content (AvgIpc) is 3.04. The monoisotopic (exact) mass is 642 g/mol. The lowest BCUT2D eigenvalue weighted by atomic mass is 9.99. The first kappa shape index (κ1) is 35.1. The zero-order valence-electron chi connectivity index (χ0n) is 24.8. The molecule has 0 saturated carbocycles. The van der Waals surface area contributed by atoms with Gasteiger partial charge in [0.15, 0.2) is 0 Å². The van der Waals surface area contributed by atoms with Crippen LogP contribution < -0.4 is 21.3 Å². The highest BCUT2D eigenvalue weighted by Crippen LogP contribution is 2.24. The number of halogens is 3. The molecule has 0 heterocycles. The smallest absolute Gasteiger partial charge is 0.347 e. The van der Waals surface area contributed by atoms with Crippen LogP contribution in [0.15, 0.2) is 78.9 Å². The summed E-state index contributed by atoms with van der Waals surface area (Å²) in [5.41, 5.74) is 4.15. The van der Waals surface area contributed by atoms with Crippen LogP contribution in [0.5, 0.6) is 0 Å². The molecule has 4 amide bonds. The van der Waals surface area contributed by atoms with Crippen molar-refractivity contribution in [3.05, 3.63) is 95.6 Å². The lowest BCUT2D eigenvalue weighted by molar-refractivity contribution is -0.286. The van der Waals surface area contributed by atoms with E-state index in [-0.39, 0.29) is 13.0 Å². The number of rotatable bonds is 13. The fraction of sp³-hybridized carbons (Fsp3) is 0.281. The van der Waals surface area contributed by atoms with Crippen LogP contribution in [0.25, 0.3) is 11.1 Å². The van der Waals surface area contributed by atoms with Crippen molar-refractivity contribution in [1.29, 1.82) is 0 Å². The molecule has 0 bridgehead atoms. The second-order valence-electron chi connectivity index (χ2n) is 10.1. The minimum atomic E-state index is -5.37. The Balaban J connectivity index is 1.47. The zero-order chi connectivity index (χ0) is 33.5. The van der Waals surface area contributed by atoms with Gasteiger partial charge in [0.05, 0.1) is 19.0 Å². The number of nitrogens with one attached hydrogen (secondary N) is 4. The van der Waals surface area contributed by atoms with Crippen LogP contribution >= 0.6 is 0 Å². The van der Waals surface area contributed by atoms with E-state index in [1.165, 1.54) is 0 Å². The first-order valence-electron chi connectivity index (χ1n) is 14.2. The van der Waals surface area contributed by atoms with Gasteiger partial charge < -0.3 is 21.3 Å². The van der Waals surface area contributed by atoms with Crippen molar-refractivity contribution in [2.75, 3.05) is 13.1 Å². The Labute approximate surface area is 262 Å². The van der Waals surface area contributed by atoms with E-state index in [9.17, 15) is 37.1 Å². The Kier molecular flexibility index (Phi) is 13.1. The summed E-state index contributed by atoms with van der Waals surface area (Å²) in [5, 5.41) is 10.3. The third-order valence-corrected chi connectivity index (χ3v) is 6.45. The summed E-state index contributed by atoms with van der Waals surface area (Å²) in [5.74, 6) is -5.25. The molecule has 0 aliphatic carbocycles. The first-order valence-corrected chi connectivity index (χ1v) is 14.2. The summed E-state index contributed by atoms with van der Waals surface area (Å²) in [6.45, 7) is 2.04. The minimum absolute atomic E-state index is 0.00674. The van der Waals surface area contributed by atoms with Crippen molar-refractivity contribution in [3.8, 4) is 11.1 Å². The van der Waals surface area contributed by atoms with Crippen LogP contribution in [0.3, 0.4) is 0 Å². The lowest BCUT2D eigenvalue weighted by Crippen LogP contribution is -2.40. The number of amides is 4. The van der Waals surface area contributed by atoms with E-state index in [1.807, 2.05) is 61.5 Å². The molecule has 14 heteroatoms. The molecule has 244 valence electrons. The first-order chi connectivity index (χ1) is 21.9. The second-order valence-corrected chi connectivity index (χ2v) is 10.1. The Morgan fingerprint density at radius 2 is 1.41 bits per heavy atom. The van der Waals surface area contributed by atoms with Gasteiger partial charge in [-0.1, -0.05) is 84.4 Å². The van der Waals surface area contributed by atoms with Crippen LogP contribution in [0.2, 0.25) is 0 Å². The van der Waals surface area contributed by atoms with E-state index in [0.29, 0.717) is 18.5 Å². The maximum atomic E-state index is 12.6. The predicted molar refractivity (Wildman–Crippen MR) is 159 cm³/mol. The van der Waals surface area contributed by atoms with Gasteiger partial charge in [-0.3, -0.25) is 9.59 Å². The van der Waals surface area contributed by atoms with Gasteiger partial charge in [0.25, 0.3) is 0 Å². The van der Waals surface area contributed by atoms with Crippen molar-refractivity contribution in [2.24, 2.45) is 0 Å². The molecular weight excluding hydrogens is 609 g/mol. The maximum Gasteiger partial charge on any atom is 0.495 e. The number of carbonyl (C=O) groups excluding carboxylic acids is 5. The third-order valence-electron chi connectivity index (χ3n) is 6.45. The van der Waals surface area contributed by atoms with E-state index in [2.05, 4.69) is 31.0 Å². The molecule has 3 aromatic rings. The van der Waals surface area contributed by atoms with E-state index in [0.717, 1.165) is 22.3 Å². The Hall–Kier alpha value is -5.40. The molecule has 1 unspecified atom stereocenters. The quantitative estimate of drug-likeness (QED) is 0.124. The number of aryl methyl sites for hydroxylation is 1. The molecule has 3 aromatic carbocycles. The summed E-state index contributed by atoms with van der Waals surface area (Å²) in [6, 6.07) is 22.1. The highest BCUT2D eigenvalue weighted by atomic mass is 19.4. The maximum absolute atomic E-state index is 12.6. The highest BCUT2D eigenvalue weighted by molar-refractivity contribution is 5.85. The molecule has 0 aromatic heterocycles.